The van der Waals surface area contributed by atoms with Crippen molar-refractivity contribution in [1.29, 1.82) is 0 Å². The number of carbonyl (C=O) groups is 1. The minimum atomic E-state index is -3.34. The maximum Gasteiger partial charge on any atom is 0.273 e. The maximum absolute atomic E-state index is 12.6. The zero-order chi connectivity index (χ0) is 19.6. The number of aryl methyl sites for hydroxylation is 1. The number of amides is 1. The third-order valence-corrected chi connectivity index (χ3v) is 7.13. The Hall–Kier alpha value is -2.74. The zero-order valence-corrected chi connectivity index (χ0v) is 15.7. The molecule has 1 fully saturated rings. The molecule has 1 aliphatic carbocycles. The normalized spacial score (nSPS) is 14.9. The van der Waals surface area contributed by atoms with Gasteiger partial charge in [0.2, 0.25) is 0 Å². The van der Waals surface area contributed by atoms with E-state index < -0.39 is 20.7 Å². The zero-order valence-electron chi connectivity index (χ0n) is 14.8. The number of carbonyl (C=O) groups excluding carboxylic acids is 1. The molecule has 0 radical (unpaired) electrons. The van der Waals surface area contributed by atoms with Gasteiger partial charge < -0.3 is 5.32 Å². The molecule has 0 saturated heterocycles. The van der Waals surface area contributed by atoms with Gasteiger partial charge in [0.15, 0.2) is 9.84 Å². The molecule has 0 spiro atoms. The number of hydrogen-bond acceptors (Lipinski definition) is 5. The molecule has 2 aromatic carbocycles. The molecule has 0 bridgehead atoms. The first-order chi connectivity index (χ1) is 12.8. The molecule has 0 aromatic heterocycles. The SMILES string of the molecule is Cc1ccc(C(=O)Nc2ccc(S(=O)(=O)C3CCCC3)cc2)cc1[N+](=O)[O-]. The molecule has 0 aliphatic heterocycles. The van der Waals surface area contributed by atoms with Crippen LogP contribution in [0.25, 0.3) is 0 Å². The van der Waals surface area contributed by atoms with Crippen molar-refractivity contribution in [2.24, 2.45) is 0 Å². The Morgan fingerprint density at radius 2 is 1.74 bits per heavy atom. The predicted octanol–water partition coefficient (Wildman–Crippen LogP) is 3.87. The van der Waals surface area contributed by atoms with E-state index >= 15 is 0 Å². The minimum absolute atomic E-state index is 0.124. The van der Waals surface area contributed by atoms with Crippen LogP contribution in [-0.4, -0.2) is 24.5 Å². The van der Waals surface area contributed by atoms with E-state index in [4.69, 9.17) is 0 Å². The van der Waals surface area contributed by atoms with Crippen LogP contribution in [0.4, 0.5) is 11.4 Å². The van der Waals surface area contributed by atoms with E-state index in [1.54, 1.807) is 6.92 Å². The van der Waals surface area contributed by atoms with E-state index in [0.29, 0.717) is 24.1 Å². The molecule has 7 nitrogen and oxygen atoms in total. The van der Waals surface area contributed by atoms with Crippen LogP contribution in [0.15, 0.2) is 47.4 Å². The number of anilines is 1. The van der Waals surface area contributed by atoms with Gasteiger partial charge in [-0.25, -0.2) is 8.42 Å². The molecule has 0 atom stereocenters. The van der Waals surface area contributed by atoms with Crippen LogP contribution in [0.3, 0.4) is 0 Å². The number of hydrogen-bond donors (Lipinski definition) is 1. The Morgan fingerprint density at radius 1 is 1.11 bits per heavy atom. The summed E-state index contributed by atoms with van der Waals surface area (Å²) in [5.41, 5.74) is 0.933. The van der Waals surface area contributed by atoms with Crippen molar-refractivity contribution in [1.82, 2.24) is 0 Å². The quantitative estimate of drug-likeness (QED) is 0.618. The van der Waals surface area contributed by atoms with Gasteiger partial charge in [0, 0.05) is 22.9 Å². The van der Waals surface area contributed by atoms with E-state index in [1.807, 2.05) is 0 Å². The number of nitro benzene ring substituents is 1. The number of rotatable bonds is 5. The van der Waals surface area contributed by atoms with Gasteiger partial charge in [0.05, 0.1) is 15.1 Å². The van der Waals surface area contributed by atoms with Gasteiger partial charge >= 0.3 is 0 Å². The highest BCUT2D eigenvalue weighted by atomic mass is 32.2. The predicted molar refractivity (Wildman–Crippen MR) is 102 cm³/mol. The number of nitrogens with one attached hydrogen (secondary N) is 1. The molecule has 1 amide bonds. The smallest absolute Gasteiger partial charge is 0.273 e. The van der Waals surface area contributed by atoms with Crippen molar-refractivity contribution >= 4 is 27.1 Å². The maximum atomic E-state index is 12.6. The Labute approximate surface area is 157 Å². The number of benzene rings is 2. The topological polar surface area (TPSA) is 106 Å². The molecular formula is C19H20N2O5S. The molecule has 0 unspecified atom stereocenters. The summed E-state index contributed by atoms with van der Waals surface area (Å²) in [5, 5.41) is 13.3. The van der Waals surface area contributed by atoms with Gasteiger partial charge in [0.1, 0.15) is 0 Å². The van der Waals surface area contributed by atoms with Gasteiger partial charge in [-0.15, -0.1) is 0 Å². The summed E-state index contributed by atoms with van der Waals surface area (Å²) in [4.78, 5) is 23.1. The van der Waals surface area contributed by atoms with Crippen molar-refractivity contribution in [2.45, 2.75) is 42.8 Å². The summed E-state index contributed by atoms with van der Waals surface area (Å²) in [6.45, 7) is 1.60. The molecule has 0 heterocycles. The number of nitro groups is 1. The van der Waals surface area contributed by atoms with Gasteiger partial charge in [-0.2, -0.15) is 0 Å². The van der Waals surface area contributed by atoms with Crippen LogP contribution in [0, 0.1) is 17.0 Å². The Balaban J connectivity index is 1.76. The van der Waals surface area contributed by atoms with Crippen molar-refractivity contribution in [3.63, 3.8) is 0 Å². The van der Waals surface area contributed by atoms with Crippen molar-refractivity contribution in [3.8, 4) is 0 Å². The van der Waals surface area contributed by atoms with Gasteiger partial charge in [-0.1, -0.05) is 18.9 Å². The van der Waals surface area contributed by atoms with Gasteiger partial charge in [-0.05, 0) is 50.1 Å². The Kier molecular flexibility index (Phi) is 5.27. The van der Waals surface area contributed by atoms with E-state index in [-0.39, 0.29) is 21.4 Å². The number of sulfone groups is 1. The summed E-state index contributed by atoms with van der Waals surface area (Å²) in [5.74, 6) is -0.496. The second kappa shape index (κ2) is 7.48. The minimum Gasteiger partial charge on any atom is -0.322 e. The first-order valence-corrected chi connectivity index (χ1v) is 10.2. The lowest BCUT2D eigenvalue weighted by Gasteiger charge is -2.12. The summed E-state index contributed by atoms with van der Waals surface area (Å²) < 4.78 is 25.1. The highest BCUT2D eigenvalue weighted by Gasteiger charge is 2.30. The largest absolute Gasteiger partial charge is 0.322 e. The average molecular weight is 388 g/mol. The molecule has 27 heavy (non-hydrogen) atoms. The first-order valence-electron chi connectivity index (χ1n) is 8.69. The second-order valence-corrected chi connectivity index (χ2v) is 8.92. The fraction of sp³-hybridized carbons (Fsp3) is 0.316. The molecule has 8 heteroatoms. The van der Waals surface area contributed by atoms with Gasteiger partial charge in [0.25, 0.3) is 11.6 Å². The lowest BCUT2D eigenvalue weighted by molar-refractivity contribution is -0.385. The third kappa shape index (κ3) is 4.00. The van der Waals surface area contributed by atoms with E-state index in [9.17, 15) is 23.3 Å². The first kappa shape index (κ1) is 19.0. The average Bonchev–Trinajstić information content (AvgIpc) is 3.18. The molecule has 3 rings (SSSR count). The second-order valence-electron chi connectivity index (χ2n) is 6.69. The molecule has 1 saturated carbocycles. The summed E-state index contributed by atoms with van der Waals surface area (Å²) in [7, 11) is -3.34. The third-order valence-electron chi connectivity index (χ3n) is 4.85. The Morgan fingerprint density at radius 3 is 2.33 bits per heavy atom. The Bertz CT molecular complexity index is 978. The highest BCUT2D eigenvalue weighted by Crippen LogP contribution is 2.30. The van der Waals surface area contributed by atoms with Crippen molar-refractivity contribution in [2.75, 3.05) is 5.32 Å². The van der Waals surface area contributed by atoms with Gasteiger partial charge in [-0.3, -0.25) is 14.9 Å². The van der Waals surface area contributed by atoms with Crippen LogP contribution in [0.1, 0.15) is 41.6 Å². The van der Waals surface area contributed by atoms with Crippen LogP contribution < -0.4 is 5.32 Å². The van der Waals surface area contributed by atoms with E-state index in [0.717, 1.165) is 12.8 Å². The molecular weight excluding hydrogens is 368 g/mol. The number of nitrogens with zero attached hydrogens (tertiary/aromatic N) is 1. The highest BCUT2D eigenvalue weighted by molar-refractivity contribution is 7.92. The van der Waals surface area contributed by atoms with Crippen LogP contribution in [0.2, 0.25) is 0 Å². The van der Waals surface area contributed by atoms with Crippen molar-refractivity contribution < 1.29 is 18.1 Å². The lowest BCUT2D eigenvalue weighted by atomic mass is 10.1. The summed E-state index contributed by atoms with van der Waals surface area (Å²) in [6, 6.07) is 10.3. The van der Waals surface area contributed by atoms with Crippen molar-refractivity contribution in [3.05, 3.63) is 63.7 Å². The standard InChI is InChI=1S/C19H20N2O5S/c1-13-6-7-14(12-18(13)21(23)24)19(22)20-15-8-10-17(11-9-15)27(25,26)16-4-2-3-5-16/h6-12,16H,2-5H2,1H3,(H,20,22). The molecule has 1 aliphatic rings. The molecule has 142 valence electrons. The monoisotopic (exact) mass is 388 g/mol. The van der Waals surface area contributed by atoms with Crippen LogP contribution >= 0.6 is 0 Å². The van der Waals surface area contributed by atoms with Crippen LogP contribution in [0.5, 0.6) is 0 Å². The summed E-state index contributed by atoms with van der Waals surface area (Å²) >= 11 is 0. The fourth-order valence-corrected chi connectivity index (χ4v) is 5.12. The van der Waals surface area contributed by atoms with Crippen LogP contribution in [-0.2, 0) is 9.84 Å². The molecule has 2 aromatic rings. The summed E-state index contributed by atoms with van der Waals surface area (Å²) in [6.07, 6.45) is 3.24. The van der Waals surface area contributed by atoms with E-state index in [1.165, 1.54) is 42.5 Å². The van der Waals surface area contributed by atoms with E-state index in [2.05, 4.69) is 5.32 Å². The molecule has 1 N–H and O–H groups in total. The fourth-order valence-electron chi connectivity index (χ4n) is 3.27. The lowest BCUT2D eigenvalue weighted by Crippen LogP contribution is -2.18.